The van der Waals surface area contributed by atoms with Gasteiger partial charge in [0.15, 0.2) is 0 Å². The van der Waals surface area contributed by atoms with Gasteiger partial charge in [0.1, 0.15) is 5.54 Å². The molecule has 0 aliphatic heterocycles. The fraction of sp³-hybridized carbons (Fsp3) is 0.611. The third-order valence-corrected chi connectivity index (χ3v) is 4.61. The molecular formula is C18H31BN2O4. The second kappa shape index (κ2) is 11.3. The maximum Gasteiger partial charge on any atom is 0.451 e. The predicted molar refractivity (Wildman–Crippen MR) is 100 cm³/mol. The number of benzene rings is 1. The molecule has 0 heterocycles. The van der Waals surface area contributed by atoms with Gasteiger partial charge in [0.05, 0.1) is 0 Å². The van der Waals surface area contributed by atoms with Crippen LogP contribution in [0.25, 0.3) is 0 Å². The number of rotatable bonds is 13. The van der Waals surface area contributed by atoms with Gasteiger partial charge in [0.25, 0.3) is 0 Å². The van der Waals surface area contributed by atoms with Gasteiger partial charge in [0.2, 0.25) is 0 Å². The highest BCUT2D eigenvalue weighted by atomic mass is 16.4. The second-order valence-electron chi connectivity index (χ2n) is 6.63. The molecule has 1 atom stereocenters. The van der Waals surface area contributed by atoms with Crippen LogP contribution in [0.2, 0.25) is 6.32 Å². The quantitative estimate of drug-likeness (QED) is 0.273. The summed E-state index contributed by atoms with van der Waals surface area (Å²) in [4.78, 5) is 11.7. The Hall–Kier alpha value is -1.41. The van der Waals surface area contributed by atoms with Crippen LogP contribution >= 0.6 is 0 Å². The van der Waals surface area contributed by atoms with Crippen molar-refractivity contribution in [3.05, 3.63) is 35.4 Å². The lowest BCUT2D eigenvalue weighted by Crippen LogP contribution is -2.50. The summed E-state index contributed by atoms with van der Waals surface area (Å²) in [5.74, 6) is -0.849. The van der Waals surface area contributed by atoms with Crippen molar-refractivity contribution in [2.45, 2.75) is 57.4 Å². The van der Waals surface area contributed by atoms with Gasteiger partial charge in [-0.1, -0.05) is 42.7 Å². The monoisotopic (exact) mass is 350 g/mol. The Morgan fingerprint density at radius 2 is 1.76 bits per heavy atom. The van der Waals surface area contributed by atoms with Crippen molar-refractivity contribution in [2.24, 2.45) is 0 Å². The van der Waals surface area contributed by atoms with Crippen molar-refractivity contribution in [3.8, 4) is 0 Å². The third-order valence-electron chi connectivity index (χ3n) is 4.61. The number of likely N-dealkylation sites (N-methyl/N-ethyl adjacent to an activating group) is 1. The Morgan fingerprint density at radius 1 is 1.12 bits per heavy atom. The van der Waals surface area contributed by atoms with E-state index in [1.165, 1.54) is 11.1 Å². The molecule has 140 valence electrons. The van der Waals surface area contributed by atoms with Crippen LogP contribution < -0.4 is 10.6 Å². The molecule has 6 nitrogen and oxygen atoms in total. The first-order valence-electron chi connectivity index (χ1n) is 8.94. The average Bonchev–Trinajstić information content (AvgIpc) is 2.57. The molecule has 1 aromatic carbocycles. The summed E-state index contributed by atoms with van der Waals surface area (Å²) in [5, 5.41) is 33.7. The van der Waals surface area contributed by atoms with Gasteiger partial charge in [-0.05, 0) is 51.7 Å². The van der Waals surface area contributed by atoms with E-state index in [4.69, 9.17) is 10.0 Å². The number of nitrogens with one attached hydrogen (secondary N) is 2. The smallest absolute Gasteiger partial charge is 0.451 e. The molecule has 0 saturated heterocycles. The lowest BCUT2D eigenvalue weighted by Gasteiger charge is -2.29. The second-order valence-corrected chi connectivity index (χ2v) is 6.63. The molecule has 25 heavy (non-hydrogen) atoms. The normalized spacial score (nSPS) is 13.4. The minimum atomic E-state index is -1.32. The Morgan fingerprint density at radius 3 is 2.32 bits per heavy atom. The highest BCUT2D eigenvalue weighted by Crippen LogP contribution is 2.21. The molecule has 0 aliphatic rings. The van der Waals surface area contributed by atoms with Gasteiger partial charge < -0.3 is 25.8 Å². The standard InChI is InChI=1S/C18H31BN2O4/c1-15-6-8-16(9-7-15)14-21-13-5-11-18(20-2,17(22)23)10-3-4-12-19(24)25/h6-9,20-21,24-25H,3-5,10-14H2,1-2H3,(H,22,23). The van der Waals surface area contributed by atoms with Crippen molar-refractivity contribution in [1.82, 2.24) is 10.6 Å². The molecule has 1 aromatic rings. The average molecular weight is 350 g/mol. The topological polar surface area (TPSA) is 102 Å². The minimum absolute atomic E-state index is 0.275. The summed E-state index contributed by atoms with van der Waals surface area (Å²) >= 11 is 0. The predicted octanol–water partition coefficient (Wildman–Crippen LogP) is 1.55. The lowest BCUT2D eigenvalue weighted by atomic mass is 9.81. The number of unbranched alkanes of at least 4 members (excludes halogenated alkanes) is 1. The van der Waals surface area contributed by atoms with E-state index in [0.29, 0.717) is 25.7 Å². The maximum absolute atomic E-state index is 11.7. The number of hydrogen-bond donors (Lipinski definition) is 5. The third kappa shape index (κ3) is 8.01. The summed E-state index contributed by atoms with van der Waals surface area (Å²) in [6.07, 6.45) is 3.27. The van der Waals surface area contributed by atoms with Crippen LogP contribution in [0, 0.1) is 6.92 Å². The molecular weight excluding hydrogens is 319 g/mol. The largest absolute Gasteiger partial charge is 0.480 e. The van der Waals surface area contributed by atoms with Crippen LogP contribution in [-0.2, 0) is 11.3 Å². The summed E-state index contributed by atoms with van der Waals surface area (Å²) in [5.41, 5.74) is 1.50. The number of aliphatic carboxylic acids is 1. The molecule has 0 amide bonds. The van der Waals surface area contributed by atoms with E-state index in [2.05, 4.69) is 41.8 Å². The number of hydrogen-bond acceptors (Lipinski definition) is 5. The lowest BCUT2D eigenvalue weighted by molar-refractivity contribution is -0.145. The van der Waals surface area contributed by atoms with Gasteiger partial charge in [0, 0.05) is 6.54 Å². The van der Waals surface area contributed by atoms with E-state index in [1.807, 2.05) is 0 Å². The highest BCUT2D eigenvalue weighted by Gasteiger charge is 2.35. The highest BCUT2D eigenvalue weighted by molar-refractivity contribution is 6.40. The molecule has 0 bridgehead atoms. The van der Waals surface area contributed by atoms with E-state index in [0.717, 1.165) is 19.5 Å². The number of aryl methyl sites for hydroxylation is 1. The molecule has 5 N–H and O–H groups in total. The maximum atomic E-state index is 11.7. The van der Waals surface area contributed by atoms with Crippen molar-refractivity contribution in [1.29, 1.82) is 0 Å². The van der Waals surface area contributed by atoms with E-state index in [-0.39, 0.29) is 6.32 Å². The first-order chi connectivity index (χ1) is 11.9. The minimum Gasteiger partial charge on any atom is -0.480 e. The molecule has 0 fully saturated rings. The Labute approximate surface area is 150 Å². The first kappa shape index (κ1) is 21.6. The molecule has 1 unspecified atom stereocenters. The van der Waals surface area contributed by atoms with Crippen molar-refractivity contribution in [2.75, 3.05) is 13.6 Å². The van der Waals surface area contributed by atoms with Gasteiger partial charge in [-0.2, -0.15) is 0 Å². The van der Waals surface area contributed by atoms with Gasteiger partial charge >= 0.3 is 13.1 Å². The Kier molecular flexibility index (Phi) is 9.74. The summed E-state index contributed by atoms with van der Waals surface area (Å²) in [6.45, 7) is 3.58. The van der Waals surface area contributed by atoms with Crippen LogP contribution in [0.3, 0.4) is 0 Å². The van der Waals surface area contributed by atoms with Gasteiger partial charge in [-0.15, -0.1) is 0 Å². The zero-order valence-corrected chi connectivity index (χ0v) is 15.3. The van der Waals surface area contributed by atoms with Crippen LogP contribution in [-0.4, -0.2) is 47.4 Å². The fourth-order valence-electron chi connectivity index (χ4n) is 2.90. The number of carboxylic acid groups (broad SMARTS) is 1. The Balaban J connectivity index is 2.36. The van der Waals surface area contributed by atoms with Crippen molar-refractivity contribution in [3.63, 3.8) is 0 Å². The van der Waals surface area contributed by atoms with Crippen LogP contribution in [0.15, 0.2) is 24.3 Å². The fourth-order valence-corrected chi connectivity index (χ4v) is 2.90. The zero-order chi connectivity index (χ0) is 18.7. The van der Waals surface area contributed by atoms with E-state index >= 15 is 0 Å². The van der Waals surface area contributed by atoms with Crippen molar-refractivity contribution < 1.29 is 19.9 Å². The summed E-state index contributed by atoms with van der Waals surface area (Å²) in [7, 11) is 0.356. The van der Waals surface area contributed by atoms with Crippen LogP contribution in [0.4, 0.5) is 0 Å². The van der Waals surface area contributed by atoms with E-state index < -0.39 is 18.6 Å². The molecule has 1 rings (SSSR count). The van der Waals surface area contributed by atoms with Crippen LogP contribution in [0.1, 0.15) is 43.2 Å². The SMILES string of the molecule is CNC(CCCCB(O)O)(CCCNCc1ccc(C)cc1)C(=O)O. The number of carboxylic acids is 1. The Bertz CT molecular complexity index is 510. The molecule has 0 aromatic heterocycles. The molecule has 7 heteroatoms. The van der Waals surface area contributed by atoms with Crippen molar-refractivity contribution >= 4 is 13.1 Å². The van der Waals surface area contributed by atoms with E-state index in [9.17, 15) is 9.90 Å². The summed E-state index contributed by atoms with van der Waals surface area (Å²) in [6, 6.07) is 8.34. The van der Waals surface area contributed by atoms with E-state index in [1.54, 1.807) is 7.05 Å². The molecule has 0 radical (unpaired) electrons. The van der Waals surface area contributed by atoms with Gasteiger partial charge in [-0.25, -0.2) is 0 Å². The molecule has 0 aliphatic carbocycles. The van der Waals surface area contributed by atoms with Crippen LogP contribution in [0.5, 0.6) is 0 Å². The first-order valence-corrected chi connectivity index (χ1v) is 8.94. The number of carbonyl (C=O) groups is 1. The zero-order valence-electron chi connectivity index (χ0n) is 15.3. The molecule has 0 spiro atoms. The summed E-state index contributed by atoms with van der Waals surface area (Å²) < 4.78 is 0. The van der Waals surface area contributed by atoms with Gasteiger partial charge in [-0.3, -0.25) is 4.79 Å². The molecule has 0 saturated carbocycles.